The fourth-order valence-corrected chi connectivity index (χ4v) is 3.52. The van der Waals surface area contributed by atoms with Crippen LogP contribution < -0.4 is 11.1 Å². The van der Waals surface area contributed by atoms with Crippen LogP contribution in [0.3, 0.4) is 0 Å². The molecule has 27 heavy (non-hydrogen) atoms. The molecule has 2 heterocycles. The van der Waals surface area contributed by atoms with Gasteiger partial charge in [0.25, 0.3) is 11.8 Å². The van der Waals surface area contributed by atoms with Crippen molar-refractivity contribution in [2.45, 2.75) is 32.6 Å². The molecule has 1 saturated carbocycles. The van der Waals surface area contributed by atoms with Crippen LogP contribution in [0.4, 0.5) is 5.69 Å². The zero-order valence-corrected chi connectivity index (χ0v) is 15.5. The average molecular weight is 363 g/mol. The third kappa shape index (κ3) is 2.95. The lowest BCUT2D eigenvalue weighted by Crippen LogP contribution is -2.20. The molecule has 2 amide bonds. The number of nitrogens with two attached hydrogens (primary N) is 1. The number of primary amides is 1. The number of anilines is 1. The van der Waals surface area contributed by atoms with E-state index in [9.17, 15) is 9.59 Å². The van der Waals surface area contributed by atoms with Gasteiger partial charge in [-0.1, -0.05) is 12.1 Å². The highest BCUT2D eigenvalue weighted by Crippen LogP contribution is 2.40. The molecule has 0 unspecified atom stereocenters. The van der Waals surface area contributed by atoms with Crippen molar-refractivity contribution in [3.05, 3.63) is 52.3 Å². The van der Waals surface area contributed by atoms with E-state index in [1.165, 1.54) is 0 Å². The van der Waals surface area contributed by atoms with Crippen molar-refractivity contribution in [3.63, 3.8) is 0 Å². The van der Waals surface area contributed by atoms with Gasteiger partial charge in [0.05, 0.1) is 27.9 Å². The number of fused-ring (bicyclic) bond motifs is 1. The molecule has 0 radical (unpaired) electrons. The molecule has 4 rings (SSSR count). The lowest BCUT2D eigenvalue weighted by Gasteiger charge is -2.12. The summed E-state index contributed by atoms with van der Waals surface area (Å²) in [5.74, 6) is -0.468. The van der Waals surface area contributed by atoms with Crippen molar-refractivity contribution in [3.8, 4) is 0 Å². The van der Waals surface area contributed by atoms with Gasteiger partial charge in [-0.25, -0.2) is 4.98 Å². The average Bonchev–Trinajstić information content (AvgIpc) is 3.41. The van der Waals surface area contributed by atoms with Gasteiger partial charge in [0.1, 0.15) is 0 Å². The Labute approximate surface area is 156 Å². The maximum absolute atomic E-state index is 13.1. The maximum Gasteiger partial charge on any atom is 0.256 e. The SMILES string of the molecule is Cc1cccc(NC(=O)c2cc(C3CC3)nc3c2c(C)nn3C)c1C(N)=O. The summed E-state index contributed by atoms with van der Waals surface area (Å²) in [4.78, 5) is 29.7. The van der Waals surface area contributed by atoms with Crippen molar-refractivity contribution < 1.29 is 9.59 Å². The summed E-state index contributed by atoms with van der Waals surface area (Å²) < 4.78 is 1.70. The third-order valence-electron chi connectivity index (χ3n) is 5.00. The molecule has 0 saturated heterocycles. The number of hydrogen-bond acceptors (Lipinski definition) is 4. The molecule has 1 aliphatic rings. The lowest BCUT2D eigenvalue weighted by atomic mass is 10.0. The molecule has 0 aliphatic heterocycles. The minimum absolute atomic E-state index is 0.298. The van der Waals surface area contributed by atoms with Crippen molar-refractivity contribution in [2.24, 2.45) is 12.8 Å². The molecule has 1 aromatic carbocycles. The topological polar surface area (TPSA) is 103 Å². The third-order valence-corrected chi connectivity index (χ3v) is 5.00. The van der Waals surface area contributed by atoms with Crippen LogP contribution in [0.25, 0.3) is 11.0 Å². The quantitative estimate of drug-likeness (QED) is 0.744. The van der Waals surface area contributed by atoms with E-state index in [-0.39, 0.29) is 5.91 Å². The number of benzene rings is 1. The zero-order chi connectivity index (χ0) is 19.3. The Morgan fingerprint density at radius 1 is 1.26 bits per heavy atom. The van der Waals surface area contributed by atoms with Crippen molar-refractivity contribution >= 4 is 28.5 Å². The Bertz CT molecular complexity index is 1100. The zero-order valence-electron chi connectivity index (χ0n) is 15.5. The first-order valence-corrected chi connectivity index (χ1v) is 8.92. The number of pyridine rings is 1. The number of rotatable bonds is 4. The molecule has 0 spiro atoms. The fourth-order valence-electron chi connectivity index (χ4n) is 3.52. The largest absolute Gasteiger partial charge is 0.366 e. The number of amides is 2. The van der Waals surface area contributed by atoms with Gasteiger partial charge in [0, 0.05) is 18.7 Å². The van der Waals surface area contributed by atoms with E-state index in [0.717, 1.165) is 35.2 Å². The second-order valence-corrected chi connectivity index (χ2v) is 7.09. The van der Waals surface area contributed by atoms with Crippen LogP contribution in [-0.4, -0.2) is 26.6 Å². The highest BCUT2D eigenvalue weighted by Gasteiger charge is 2.28. The summed E-state index contributed by atoms with van der Waals surface area (Å²) in [5, 5.41) is 8.01. The standard InChI is InChI=1S/C20H21N5O2/c1-10-5-4-6-14(16(10)18(21)26)23-20(27)13-9-15(12-7-8-12)22-19-17(13)11(2)24-25(19)3/h4-6,9,12H,7-8H2,1-3H3,(H2,21,26)(H,23,27). The van der Waals surface area contributed by atoms with Crippen LogP contribution in [0.15, 0.2) is 24.3 Å². The van der Waals surface area contributed by atoms with Gasteiger partial charge in [-0.05, 0) is 44.4 Å². The molecule has 2 aromatic heterocycles. The van der Waals surface area contributed by atoms with Crippen molar-refractivity contribution in [1.82, 2.24) is 14.8 Å². The van der Waals surface area contributed by atoms with E-state index in [2.05, 4.69) is 10.4 Å². The smallest absolute Gasteiger partial charge is 0.256 e. The number of nitrogens with zero attached hydrogens (tertiary/aromatic N) is 3. The second-order valence-electron chi connectivity index (χ2n) is 7.09. The van der Waals surface area contributed by atoms with Gasteiger partial charge < -0.3 is 11.1 Å². The minimum atomic E-state index is -0.570. The van der Waals surface area contributed by atoms with Gasteiger partial charge in [-0.2, -0.15) is 5.10 Å². The molecule has 7 nitrogen and oxygen atoms in total. The predicted octanol–water partition coefficient (Wildman–Crippen LogP) is 2.81. The van der Waals surface area contributed by atoms with E-state index in [4.69, 9.17) is 10.7 Å². The van der Waals surface area contributed by atoms with Crippen molar-refractivity contribution in [1.29, 1.82) is 0 Å². The first-order valence-electron chi connectivity index (χ1n) is 8.92. The van der Waals surface area contributed by atoms with Crippen LogP contribution in [0.1, 0.15) is 56.4 Å². The summed E-state index contributed by atoms with van der Waals surface area (Å²) in [6.07, 6.45) is 2.17. The molecule has 3 N–H and O–H groups in total. The van der Waals surface area contributed by atoms with E-state index >= 15 is 0 Å². The van der Waals surface area contributed by atoms with Gasteiger partial charge in [0.2, 0.25) is 0 Å². The highest BCUT2D eigenvalue weighted by molar-refractivity contribution is 6.14. The van der Waals surface area contributed by atoms with E-state index in [0.29, 0.717) is 28.4 Å². The molecule has 138 valence electrons. The van der Waals surface area contributed by atoms with Gasteiger partial charge in [-0.3, -0.25) is 14.3 Å². The van der Waals surface area contributed by atoms with Gasteiger partial charge >= 0.3 is 0 Å². The van der Waals surface area contributed by atoms with Crippen molar-refractivity contribution in [2.75, 3.05) is 5.32 Å². The molecule has 1 aliphatic carbocycles. The van der Waals surface area contributed by atoms with E-state index in [1.807, 2.05) is 20.0 Å². The monoisotopic (exact) mass is 363 g/mol. The maximum atomic E-state index is 13.1. The number of aryl methyl sites for hydroxylation is 3. The first kappa shape index (κ1) is 17.2. The van der Waals surface area contributed by atoms with E-state index in [1.54, 1.807) is 29.8 Å². The Kier molecular flexibility index (Phi) is 3.95. The van der Waals surface area contributed by atoms with Crippen LogP contribution in [0, 0.1) is 13.8 Å². The van der Waals surface area contributed by atoms with Crippen LogP contribution in [0.5, 0.6) is 0 Å². The van der Waals surface area contributed by atoms with Gasteiger partial charge in [-0.15, -0.1) is 0 Å². The minimum Gasteiger partial charge on any atom is -0.366 e. The molecule has 0 bridgehead atoms. The fraction of sp³-hybridized carbons (Fsp3) is 0.300. The Hall–Kier alpha value is -3.22. The first-order chi connectivity index (χ1) is 12.9. The molecular weight excluding hydrogens is 342 g/mol. The summed E-state index contributed by atoms with van der Waals surface area (Å²) in [7, 11) is 1.83. The number of nitrogens with one attached hydrogen (secondary N) is 1. The number of aromatic nitrogens is 3. The highest BCUT2D eigenvalue weighted by atomic mass is 16.2. The number of carbonyl (C=O) groups is 2. The predicted molar refractivity (Wildman–Crippen MR) is 103 cm³/mol. The number of hydrogen-bond donors (Lipinski definition) is 2. The second kappa shape index (κ2) is 6.19. The lowest BCUT2D eigenvalue weighted by molar-refractivity contribution is 0.100. The summed E-state index contributed by atoms with van der Waals surface area (Å²) in [6.45, 7) is 3.65. The van der Waals surface area contributed by atoms with Gasteiger partial charge in [0.15, 0.2) is 5.65 Å². The van der Waals surface area contributed by atoms with Crippen LogP contribution in [-0.2, 0) is 7.05 Å². The summed E-state index contributed by atoms with van der Waals surface area (Å²) in [6, 6.07) is 7.10. The molecule has 1 fully saturated rings. The van der Waals surface area contributed by atoms with E-state index < -0.39 is 5.91 Å². The molecule has 0 atom stereocenters. The van der Waals surface area contributed by atoms with Crippen LogP contribution >= 0.6 is 0 Å². The Morgan fingerprint density at radius 3 is 2.67 bits per heavy atom. The number of carbonyl (C=O) groups excluding carboxylic acids is 2. The Morgan fingerprint density at radius 2 is 2.00 bits per heavy atom. The Balaban J connectivity index is 1.82. The van der Waals surface area contributed by atoms with Crippen LogP contribution in [0.2, 0.25) is 0 Å². The normalized spacial score (nSPS) is 13.7. The summed E-state index contributed by atoms with van der Waals surface area (Å²) in [5.41, 5.74) is 9.82. The molecule has 7 heteroatoms. The summed E-state index contributed by atoms with van der Waals surface area (Å²) >= 11 is 0. The molecular formula is C20H21N5O2. The molecule has 3 aromatic rings.